The standard InChI is InChI=1S/C22H23N3O4/c1-14(2)16-5-9-18(10-6-16)25-11-12-29-20(22(25)28)19(26)21(27)24-17-7-3-15(13-23)4-8-17/h3-10,14,19-20,26H,11-12H2,1-2H3,(H,24,27)/t19-,20-/m1/s1. The highest BCUT2D eigenvalue weighted by Gasteiger charge is 2.39. The predicted octanol–water partition coefficient (Wildman–Crippen LogP) is 2.41. The molecule has 1 fully saturated rings. The van der Waals surface area contributed by atoms with Crippen molar-refractivity contribution < 1.29 is 19.4 Å². The summed E-state index contributed by atoms with van der Waals surface area (Å²) in [5, 5.41) is 21.8. The maximum atomic E-state index is 12.9. The van der Waals surface area contributed by atoms with Crippen LogP contribution in [-0.4, -0.2) is 42.3 Å². The Kier molecular flexibility index (Phi) is 6.27. The lowest BCUT2D eigenvalue weighted by atomic mass is 10.0. The fourth-order valence-corrected chi connectivity index (χ4v) is 3.11. The van der Waals surface area contributed by atoms with Gasteiger partial charge in [-0.25, -0.2) is 0 Å². The molecule has 2 atom stereocenters. The van der Waals surface area contributed by atoms with E-state index in [0.717, 1.165) is 5.56 Å². The quantitative estimate of drug-likeness (QED) is 0.812. The van der Waals surface area contributed by atoms with Crippen LogP contribution in [0.25, 0.3) is 0 Å². The number of nitrogens with zero attached hydrogens (tertiary/aromatic N) is 2. The van der Waals surface area contributed by atoms with Gasteiger partial charge in [0, 0.05) is 17.9 Å². The summed E-state index contributed by atoms with van der Waals surface area (Å²) in [5.41, 5.74) is 2.73. The first-order valence-electron chi connectivity index (χ1n) is 9.42. The summed E-state index contributed by atoms with van der Waals surface area (Å²) in [6.07, 6.45) is -2.94. The molecule has 0 radical (unpaired) electrons. The number of anilines is 2. The zero-order valence-electron chi connectivity index (χ0n) is 16.3. The number of aliphatic hydroxyl groups is 1. The van der Waals surface area contributed by atoms with Gasteiger partial charge in [0.1, 0.15) is 0 Å². The number of morpholine rings is 1. The number of hydrogen-bond donors (Lipinski definition) is 2. The van der Waals surface area contributed by atoms with E-state index in [1.807, 2.05) is 30.3 Å². The second-order valence-electron chi connectivity index (χ2n) is 7.15. The highest BCUT2D eigenvalue weighted by atomic mass is 16.5. The van der Waals surface area contributed by atoms with Crippen LogP contribution in [0.4, 0.5) is 11.4 Å². The normalized spacial score (nSPS) is 17.7. The first-order chi connectivity index (χ1) is 13.9. The summed E-state index contributed by atoms with van der Waals surface area (Å²) in [6, 6.07) is 15.8. The topological polar surface area (TPSA) is 103 Å². The van der Waals surface area contributed by atoms with E-state index in [1.165, 1.54) is 4.90 Å². The lowest BCUT2D eigenvalue weighted by Gasteiger charge is -2.34. The van der Waals surface area contributed by atoms with Gasteiger partial charge in [-0.1, -0.05) is 26.0 Å². The summed E-state index contributed by atoms with van der Waals surface area (Å²) in [7, 11) is 0. The SMILES string of the molecule is CC(C)c1ccc(N2CCO[C@H]([C@@H](O)C(=O)Nc3ccc(C#N)cc3)C2=O)cc1. The molecule has 0 saturated carbocycles. The van der Waals surface area contributed by atoms with Crippen molar-refractivity contribution in [1.82, 2.24) is 0 Å². The molecule has 1 saturated heterocycles. The molecule has 0 aliphatic carbocycles. The van der Waals surface area contributed by atoms with Crippen LogP contribution in [0.2, 0.25) is 0 Å². The number of ether oxygens (including phenoxy) is 1. The van der Waals surface area contributed by atoms with Crippen LogP contribution < -0.4 is 10.2 Å². The average Bonchev–Trinajstić information content (AvgIpc) is 2.74. The van der Waals surface area contributed by atoms with Gasteiger partial charge in [-0.15, -0.1) is 0 Å². The second kappa shape index (κ2) is 8.86. The van der Waals surface area contributed by atoms with Crippen molar-refractivity contribution >= 4 is 23.2 Å². The molecule has 0 unspecified atom stereocenters. The van der Waals surface area contributed by atoms with E-state index in [9.17, 15) is 14.7 Å². The van der Waals surface area contributed by atoms with Gasteiger partial charge < -0.3 is 20.1 Å². The van der Waals surface area contributed by atoms with Crippen molar-refractivity contribution in [1.29, 1.82) is 5.26 Å². The maximum absolute atomic E-state index is 12.9. The number of amides is 2. The molecule has 2 aromatic rings. The predicted molar refractivity (Wildman–Crippen MR) is 108 cm³/mol. The lowest BCUT2D eigenvalue weighted by molar-refractivity contribution is -0.150. The van der Waals surface area contributed by atoms with Crippen molar-refractivity contribution in [3.05, 3.63) is 59.7 Å². The minimum Gasteiger partial charge on any atom is -0.380 e. The van der Waals surface area contributed by atoms with Gasteiger partial charge in [-0.05, 0) is 47.9 Å². The molecule has 2 N–H and O–H groups in total. The molecule has 150 valence electrons. The van der Waals surface area contributed by atoms with E-state index >= 15 is 0 Å². The first kappa shape index (κ1) is 20.5. The molecule has 3 rings (SSSR count). The van der Waals surface area contributed by atoms with Gasteiger partial charge in [0.05, 0.1) is 18.2 Å². The van der Waals surface area contributed by atoms with Crippen molar-refractivity contribution in [2.24, 2.45) is 0 Å². The monoisotopic (exact) mass is 393 g/mol. The third kappa shape index (κ3) is 4.62. The molecule has 0 spiro atoms. The van der Waals surface area contributed by atoms with Crippen molar-refractivity contribution in [3.63, 3.8) is 0 Å². The molecule has 7 heteroatoms. The molecular weight excluding hydrogens is 370 g/mol. The van der Waals surface area contributed by atoms with Gasteiger partial charge in [0.25, 0.3) is 11.8 Å². The second-order valence-corrected chi connectivity index (χ2v) is 7.15. The minimum absolute atomic E-state index is 0.212. The summed E-state index contributed by atoms with van der Waals surface area (Å²) in [6.45, 7) is 4.74. The van der Waals surface area contributed by atoms with E-state index in [2.05, 4.69) is 19.2 Å². The van der Waals surface area contributed by atoms with E-state index in [1.54, 1.807) is 24.3 Å². The van der Waals surface area contributed by atoms with Crippen LogP contribution in [0, 0.1) is 11.3 Å². The number of nitriles is 1. The first-order valence-corrected chi connectivity index (χ1v) is 9.42. The Balaban J connectivity index is 1.69. The van der Waals surface area contributed by atoms with Gasteiger partial charge in [0.2, 0.25) is 0 Å². The van der Waals surface area contributed by atoms with Crippen molar-refractivity contribution in [3.8, 4) is 6.07 Å². The van der Waals surface area contributed by atoms with Crippen LogP contribution >= 0.6 is 0 Å². The number of benzene rings is 2. The molecule has 2 aromatic carbocycles. The van der Waals surface area contributed by atoms with Crippen molar-refractivity contribution in [2.75, 3.05) is 23.4 Å². The number of aliphatic hydroxyl groups excluding tert-OH is 1. The Hall–Kier alpha value is -3.21. The van der Waals surface area contributed by atoms with Gasteiger partial charge >= 0.3 is 0 Å². The van der Waals surface area contributed by atoms with E-state index in [-0.39, 0.29) is 6.61 Å². The highest BCUT2D eigenvalue weighted by molar-refractivity contribution is 6.03. The van der Waals surface area contributed by atoms with Gasteiger partial charge in [-0.3, -0.25) is 9.59 Å². The molecule has 29 heavy (non-hydrogen) atoms. The van der Waals surface area contributed by atoms with Crippen LogP contribution in [0.5, 0.6) is 0 Å². The lowest BCUT2D eigenvalue weighted by Crippen LogP contribution is -2.55. The number of nitrogens with one attached hydrogen (secondary N) is 1. The Morgan fingerprint density at radius 3 is 2.45 bits per heavy atom. The van der Waals surface area contributed by atoms with Crippen LogP contribution in [-0.2, 0) is 14.3 Å². The number of carbonyl (C=O) groups is 2. The molecule has 1 aliphatic rings. The summed E-state index contributed by atoms with van der Waals surface area (Å²) >= 11 is 0. The fourth-order valence-electron chi connectivity index (χ4n) is 3.11. The Morgan fingerprint density at radius 2 is 1.86 bits per heavy atom. The third-order valence-electron chi connectivity index (χ3n) is 4.83. The summed E-state index contributed by atoms with van der Waals surface area (Å²) < 4.78 is 5.42. The molecule has 2 amide bonds. The largest absolute Gasteiger partial charge is 0.380 e. The summed E-state index contributed by atoms with van der Waals surface area (Å²) in [5.74, 6) is -0.828. The molecular formula is C22H23N3O4. The number of carbonyl (C=O) groups excluding carboxylic acids is 2. The molecule has 0 bridgehead atoms. The molecule has 1 heterocycles. The Morgan fingerprint density at radius 1 is 1.21 bits per heavy atom. The van der Waals surface area contributed by atoms with Crippen LogP contribution in [0.3, 0.4) is 0 Å². The van der Waals surface area contributed by atoms with Gasteiger partial charge in [0.15, 0.2) is 12.2 Å². The molecule has 1 aliphatic heterocycles. The number of hydrogen-bond acceptors (Lipinski definition) is 5. The van der Waals surface area contributed by atoms with Gasteiger partial charge in [-0.2, -0.15) is 5.26 Å². The fraction of sp³-hybridized carbons (Fsp3) is 0.318. The highest BCUT2D eigenvalue weighted by Crippen LogP contribution is 2.24. The van der Waals surface area contributed by atoms with E-state index in [0.29, 0.717) is 29.4 Å². The zero-order chi connectivity index (χ0) is 21.0. The van der Waals surface area contributed by atoms with E-state index in [4.69, 9.17) is 10.00 Å². The third-order valence-corrected chi connectivity index (χ3v) is 4.83. The summed E-state index contributed by atoms with van der Waals surface area (Å²) in [4.78, 5) is 26.8. The van der Waals surface area contributed by atoms with Crippen molar-refractivity contribution in [2.45, 2.75) is 32.0 Å². The Bertz CT molecular complexity index is 917. The number of rotatable bonds is 5. The van der Waals surface area contributed by atoms with E-state index < -0.39 is 24.0 Å². The molecule has 0 aromatic heterocycles. The van der Waals surface area contributed by atoms with Crippen LogP contribution in [0.15, 0.2) is 48.5 Å². The molecule has 7 nitrogen and oxygen atoms in total. The smallest absolute Gasteiger partial charge is 0.259 e. The Labute approximate surface area is 169 Å². The average molecular weight is 393 g/mol. The minimum atomic E-state index is -1.66. The zero-order valence-corrected chi connectivity index (χ0v) is 16.3. The van der Waals surface area contributed by atoms with Crippen LogP contribution in [0.1, 0.15) is 30.9 Å². The maximum Gasteiger partial charge on any atom is 0.259 e.